The van der Waals surface area contributed by atoms with E-state index in [9.17, 15) is 14.4 Å². The van der Waals surface area contributed by atoms with Gasteiger partial charge in [0.2, 0.25) is 5.91 Å². The smallest absolute Gasteiger partial charge is 0.331 e. The Morgan fingerprint density at radius 2 is 1.79 bits per heavy atom. The molecule has 29 heavy (non-hydrogen) atoms. The Balaban J connectivity index is 1.80. The fourth-order valence-electron chi connectivity index (χ4n) is 2.48. The molecule has 0 heterocycles. The number of carbonyl (C=O) groups is 3. The molecule has 0 atom stereocenters. The molecule has 2 aromatic carbocycles. The van der Waals surface area contributed by atoms with Crippen LogP contribution in [-0.2, 0) is 20.7 Å². The number of Topliss-reactive ketones (excluding diaryl/α,β-unsaturated/α-hetero) is 1. The van der Waals surface area contributed by atoms with E-state index in [0.29, 0.717) is 27.7 Å². The van der Waals surface area contributed by atoms with E-state index >= 15 is 0 Å². The molecule has 0 bridgehead atoms. The fraction of sp³-hybridized carbons (Fsp3) is 0.227. The third-order valence-corrected chi connectivity index (χ3v) is 4.56. The normalized spacial score (nSPS) is 10.7. The fourth-order valence-corrected chi connectivity index (χ4v) is 2.95. The van der Waals surface area contributed by atoms with Crippen LogP contribution in [0.3, 0.4) is 0 Å². The molecule has 0 unspecified atom stereocenters. The van der Waals surface area contributed by atoms with E-state index in [4.69, 9.17) is 27.9 Å². The molecule has 1 amide bonds. The van der Waals surface area contributed by atoms with Crippen LogP contribution in [0.1, 0.15) is 34.8 Å². The summed E-state index contributed by atoms with van der Waals surface area (Å²) < 4.78 is 4.99. The lowest BCUT2D eigenvalue weighted by Gasteiger charge is -2.05. The molecule has 152 valence electrons. The summed E-state index contributed by atoms with van der Waals surface area (Å²) in [5.74, 6) is -0.980. The van der Waals surface area contributed by atoms with Crippen molar-refractivity contribution in [3.63, 3.8) is 0 Å². The first-order chi connectivity index (χ1) is 13.8. The highest BCUT2D eigenvalue weighted by Crippen LogP contribution is 2.22. The van der Waals surface area contributed by atoms with Gasteiger partial charge in [0, 0.05) is 35.2 Å². The van der Waals surface area contributed by atoms with E-state index in [0.717, 1.165) is 18.4 Å². The van der Waals surface area contributed by atoms with E-state index in [1.165, 1.54) is 19.1 Å². The summed E-state index contributed by atoms with van der Waals surface area (Å²) >= 11 is 11.8. The maximum Gasteiger partial charge on any atom is 0.331 e. The molecular formula is C22H21Cl2NO4. The molecule has 0 aliphatic carbocycles. The van der Waals surface area contributed by atoms with Crippen LogP contribution in [0, 0.1) is 0 Å². The van der Waals surface area contributed by atoms with Crippen molar-refractivity contribution in [2.75, 3.05) is 13.2 Å². The Morgan fingerprint density at radius 3 is 2.45 bits per heavy atom. The molecule has 0 saturated carbocycles. The lowest BCUT2D eigenvalue weighted by atomic mass is 10.1. The number of ketones is 1. The highest BCUT2D eigenvalue weighted by Gasteiger charge is 2.09. The van der Waals surface area contributed by atoms with Gasteiger partial charge in [-0.3, -0.25) is 9.59 Å². The van der Waals surface area contributed by atoms with Crippen molar-refractivity contribution >= 4 is 46.9 Å². The van der Waals surface area contributed by atoms with E-state index in [1.807, 2.05) is 12.1 Å². The Bertz CT molecular complexity index is 908. The number of carbonyl (C=O) groups excluding carboxylic acids is 3. The maximum absolute atomic E-state index is 12.2. The molecule has 2 aromatic rings. The van der Waals surface area contributed by atoms with Crippen LogP contribution < -0.4 is 5.32 Å². The van der Waals surface area contributed by atoms with Crippen LogP contribution in [0.25, 0.3) is 6.08 Å². The van der Waals surface area contributed by atoms with Crippen LogP contribution in [0.2, 0.25) is 10.0 Å². The second-order valence-corrected chi connectivity index (χ2v) is 7.16. The molecule has 7 heteroatoms. The monoisotopic (exact) mass is 433 g/mol. The summed E-state index contributed by atoms with van der Waals surface area (Å²) in [5, 5.41) is 3.65. The zero-order valence-electron chi connectivity index (χ0n) is 15.9. The molecule has 0 radical (unpaired) electrons. The van der Waals surface area contributed by atoms with Gasteiger partial charge in [-0.25, -0.2) is 4.79 Å². The molecule has 0 fully saturated rings. The quantitative estimate of drug-likeness (QED) is 0.273. The topological polar surface area (TPSA) is 72.5 Å². The zero-order chi connectivity index (χ0) is 21.2. The first kappa shape index (κ1) is 22.7. The van der Waals surface area contributed by atoms with Crippen molar-refractivity contribution in [2.45, 2.75) is 19.8 Å². The Kier molecular flexibility index (Phi) is 8.90. The van der Waals surface area contributed by atoms with Crippen LogP contribution in [-0.4, -0.2) is 30.8 Å². The summed E-state index contributed by atoms with van der Waals surface area (Å²) in [7, 11) is 0. The molecule has 0 spiro atoms. The Morgan fingerprint density at radius 1 is 1.07 bits per heavy atom. The third kappa shape index (κ3) is 8.10. The van der Waals surface area contributed by atoms with Gasteiger partial charge in [0.05, 0.1) is 0 Å². The van der Waals surface area contributed by atoms with E-state index in [1.54, 1.807) is 30.3 Å². The molecule has 0 aliphatic rings. The molecule has 0 saturated heterocycles. The van der Waals surface area contributed by atoms with Crippen molar-refractivity contribution in [1.82, 2.24) is 5.32 Å². The number of nitrogens with one attached hydrogen (secondary N) is 1. The van der Waals surface area contributed by atoms with Gasteiger partial charge >= 0.3 is 5.97 Å². The number of amides is 1. The summed E-state index contributed by atoms with van der Waals surface area (Å²) in [6.45, 7) is 1.75. The van der Waals surface area contributed by atoms with Gasteiger partial charge in [-0.05, 0) is 42.2 Å². The minimum Gasteiger partial charge on any atom is -0.454 e. The molecule has 2 rings (SSSR count). The number of aryl methyl sites for hydroxylation is 1. The number of hydrogen-bond donors (Lipinski definition) is 1. The molecule has 1 N–H and O–H groups in total. The summed E-state index contributed by atoms with van der Waals surface area (Å²) in [5.41, 5.74) is 2.15. The first-order valence-corrected chi connectivity index (χ1v) is 9.77. The third-order valence-electron chi connectivity index (χ3n) is 4.00. The number of benzene rings is 2. The van der Waals surface area contributed by atoms with Crippen LogP contribution >= 0.6 is 23.2 Å². The molecule has 0 aromatic heterocycles. The predicted molar refractivity (Wildman–Crippen MR) is 114 cm³/mol. The Labute approximate surface area is 179 Å². The second-order valence-electron chi connectivity index (χ2n) is 6.31. The van der Waals surface area contributed by atoms with Crippen molar-refractivity contribution in [2.24, 2.45) is 0 Å². The average molecular weight is 434 g/mol. The predicted octanol–water partition coefficient (Wildman–Crippen LogP) is 4.50. The van der Waals surface area contributed by atoms with E-state index in [-0.39, 0.29) is 18.3 Å². The van der Waals surface area contributed by atoms with Crippen molar-refractivity contribution < 1.29 is 19.1 Å². The summed E-state index contributed by atoms with van der Waals surface area (Å²) in [6, 6.07) is 12.0. The minimum absolute atomic E-state index is 0.0494. The van der Waals surface area contributed by atoms with Crippen molar-refractivity contribution in [1.29, 1.82) is 0 Å². The van der Waals surface area contributed by atoms with Gasteiger partial charge in [-0.1, -0.05) is 53.5 Å². The largest absolute Gasteiger partial charge is 0.454 e. The SMILES string of the molecule is CC(=O)NCCCc1ccc(C(=O)COC(=O)/C=C/c2ccc(Cl)cc2Cl)cc1. The van der Waals surface area contributed by atoms with Gasteiger partial charge in [0.15, 0.2) is 12.4 Å². The van der Waals surface area contributed by atoms with Crippen molar-refractivity contribution in [3.8, 4) is 0 Å². The Hall–Kier alpha value is -2.63. The molecule has 0 aliphatic heterocycles. The lowest BCUT2D eigenvalue weighted by molar-refractivity contribution is -0.136. The van der Waals surface area contributed by atoms with Crippen LogP contribution in [0.5, 0.6) is 0 Å². The summed E-state index contributed by atoms with van der Waals surface area (Å²) in [6.07, 6.45) is 4.32. The lowest BCUT2D eigenvalue weighted by Crippen LogP contribution is -2.21. The van der Waals surface area contributed by atoms with Crippen LogP contribution in [0.4, 0.5) is 0 Å². The van der Waals surface area contributed by atoms with Gasteiger partial charge in [-0.2, -0.15) is 0 Å². The molecular weight excluding hydrogens is 413 g/mol. The number of ether oxygens (including phenoxy) is 1. The van der Waals surface area contributed by atoms with Gasteiger partial charge in [0.25, 0.3) is 0 Å². The molecule has 5 nitrogen and oxygen atoms in total. The minimum atomic E-state index is -0.640. The highest BCUT2D eigenvalue weighted by atomic mass is 35.5. The average Bonchev–Trinajstić information content (AvgIpc) is 2.69. The summed E-state index contributed by atoms with van der Waals surface area (Å²) in [4.78, 5) is 34.8. The van der Waals surface area contributed by atoms with Gasteiger partial charge in [0.1, 0.15) is 0 Å². The second kappa shape index (κ2) is 11.4. The van der Waals surface area contributed by atoms with E-state index in [2.05, 4.69) is 5.32 Å². The highest BCUT2D eigenvalue weighted by molar-refractivity contribution is 6.35. The number of halogens is 2. The van der Waals surface area contributed by atoms with Gasteiger partial charge in [-0.15, -0.1) is 0 Å². The van der Waals surface area contributed by atoms with Gasteiger partial charge < -0.3 is 10.1 Å². The number of hydrogen-bond acceptors (Lipinski definition) is 4. The zero-order valence-corrected chi connectivity index (χ0v) is 17.4. The number of esters is 1. The van der Waals surface area contributed by atoms with Crippen LogP contribution in [0.15, 0.2) is 48.5 Å². The number of rotatable bonds is 9. The maximum atomic E-state index is 12.2. The van der Waals surface area contributed by atoms with Crippen molar-refractivity contribution in [3.05, 3.63) is 75.3 Å². The standard InChI is InChI=1S/C22H21Cl2NO4/c1-15(26)25-12-2-3-16-4-6-18(7-5-16)21(27)14-29-22(28)11-9-17-8-10-19(23)13-20(17)24/h4-11,13H,2-3,12,14H2,1H3,(H,25,26)/b11-9+. The first-order valence-electron chi connectivity index (χ1n) is 9.01. The van der Waals surface area contributed by atoms with E-state index < -0.39 is 5.97 Å².